The fraction of sp³-hybridized carbons (Fsp3) is 0.250. The number of H-pyrrole nitrogens is 1. The standard InChI is InChI=1S/C32H30F2N6O/c1-37-19-27(25-15-23(33)7-9-28(25)37)31-35-36-32(41)40(31)30-20-39(29-10-8-24(34)16-26(29)30)18-22-11-13-38(14-12-22)17-21-5-3-2-4-6-21/h2-10,15-16,19-20,22H,11-14,17-18H2,1H3,(H,36,41). The van der Waals surface area contributed by atoms with Crippen LogP contribution in [0.1, 0.15) is 18.4 Å². The van der Waals surface area contributed by atoms with Crippen molar-refractivity contribution in [3.8, 4) is 17.1 Å². The quantitative estimate of drug-likeness (QED) is 0.281. The summed E-state index contributed by atoms with van der Waals surface area (Å²) in [5.41, 5.74) is 3.72. The Bertz CT molecular complexity index is 1920. The molecule has 0 aliphatic carbocycles. The van der Waals surface area contributed by atoms with E-state index in [1.165, 1.54) is 34.4 Å². The van der Waals surface area contributed by atoms with Crippen molar-refractivity contribution >= 4 is 21.8 Å². The lowest BCUT2D eigenvalue weighted by atomic mass is 9.96. The Labute approximate surface area is 235 Å². The molecule has 1 aliphatic rings. The summed E-state index contributed by atoms with van der Waals surface area (Å²) in [7, 11) is 1.87. The molecule has 0 unspecified atom stereocenters. The first kappa shape index (κ1) is 25.5. The van der Waals surface area contributed by atoms with E-state index < -0.39 is 5.69 Å². The Morgan fingerprint density at radius 3 is 2.37 bits per heavy atom. The first-order valence-electron chi connectivity index (χ1n) is 13.9. The van der Waals surface area contributed by atoms with Gasteiger partial charge in [0.25, 0.3) is 0 Å². The van der Waals surface area contributed by atoms with Gasteiger partial charge >= 0.3 is 5.69 Å². The van der Waals surface area contributed by atoms with Gasteiger partial charge in [0, 0.05) is 54.4 Å². The third-order valence-electron chi connectivity index (χ3n) is 8.34. The fourth-order valence-electron chi connectivity index (χ4n) is 6.27. The summed E-state index contributed by atoms with van der Waals surface area (Å²) in [6.45, 7) is 3.75. The predicted octanol–water partition coefficient (Wildman–Crippen LogP) is 5.86. The lowest BCUT2D eigenvalue weighted by molar-refractivity contribution is 0.168. The molecule has 1 N–H and O–H groups in total. The normalized spacial score (nSPS) is 14.9. The molecular formula is C32H30F2N6O. The molecule has 4 heterocycles. The minimum absolute atomic E-state index is 0.351. The number of aromatic nitrogens is 5. The van der Waals surface area contributed by atoms with Gasteiger partial charge < -0.3 is 9.13 Å². The molecule has 0 atom stereocenters. The molecule has 7 rings (SSSR count). The number of benzene rings is 3. The zero-order valence-corrected chi connectivity index (χ0v) is 22.7. The van der Waals surface area contributed by atoms with Gasteiger partial charge in [-0.2, -0.15) is 5.10 Å². The van der Waals surface area contributed by atoms with Crippen molar-refractivity contribution in [1.29, 1.82) is 0 Å². The lowest BCUT2D eigenvalue weighted by Gasteiger charge is -2.32. The van der Waals surface area contributed by atoms with E-state index in [1.54, 1.807) is 12.1 Å². The second-order valence-corrected chi connectivity index (χ2v) is 11.0. The van der Waals surface area contributed by atoms with Crippen LogP contribution in [-0.2, 0) is 20.1 Å². The monoisotopic (exact) mass is 552 g/mol. The highest BCUT2D eigenvalue weighted by molar-refractivity contribution is 5.96. The first-order valence-corrected chi connectivity index (χ1v) is 13.9. The molecule has 1 saturated heterocycles. The average Bonchev–Trinajstić information content (AvgIpc) is 3.62. The Hall–Kier alpha value is -4.50. The molecule has 1 fully saturated rings. The summed E-state index contributed by atoms with van der Waals surface area (Å²) in [6, 6.07) is 19.8. The number of halogens is 2. The molecule has 0 spiro atoms. The minimum Gasteiger partial charge on any atom is -0.350 e. The number of nitrogens with zero attached hydrogens (tertiary/aromatic N) is 5. The van der Waals surface area contributed by atoms with Gasteiger partial charge in [-0.05, 0) is 73.8 Å². The number of aryl methyl sites for hydroxylation is 1. The molecule has 0 radical (unpaired) electrons. The highest BCUT2D eigenvalue weighted by atomic mass is 19.1. The zero-order chi connectivity index (χ0) is 28.1. The Balaban J connectivity index is 1.23. The van der Waals surface area contributed by atoms with Crippen LogP contribution in [0.15, 0.2) is 83.9 Å². The number of hydrogen-bond acceptors (Lipinski definition) is 3. The minimum atomic E-state index is -0.439. The topological polar surface area (TPSA) is 63.8 Å². The summed E-state index contributed by atoms with van der Waals surface area (Å²) in [4.78, 5) is 15.7. The molecule has 0 bridgehead atoms. The average molecular weight is 553 g/mol. The van der Waals surface area contributed by atoms with Crippen LogP contribution in [0.25, 0.3) is 38.9 Å². The highest BCUT2D eigenvalue weighted by Gasteiger charge is 2.24. The van der Waals surface area contributed by atoms with E-state index in [0.717, 1.165) is 50.1 Å². The van der Waals surface area contributed by atoms with Crippen LogP contribution < -0.4 is 5.69 Å². The van der Waals surface area contributed by atoms with E-state index in [1.807, 2.05) is 30.1 Å². The van der Waals surface area contributed by atoms with Crippen molar-refractivity contribution in [2.75, 3.05) is 13.1 Å². The van der Waals surface area contributed by atoms with Crippen LogP contribution in [0.4, 0.5) is 8.78 Å². The molecule has 0 amide bonds. The molecule has 208 valence electrons. The second-order valence-electron chi connectivity index (χ2n) is 11.0. The Morgan fingerprint density at radius 2 is 1.61 bits per heavy atom. The van der Waals surface area contributed by atoms with Crippen LogP contribution in [-0.4, -0.2) is 41.9 Å². The van der Waals surface area contributed by atoms with E-state index in [2.05, 4.69) is 43.9 Å². The maximum absolute atomic E-state index is 14.6. The smallest absolute Gasteiger partial charge is 0.348 e. The molecule has 3 aromatic heterocycles. The van der Waals surface area contributed by atoms with E-state index in [4.69, 9.17) is 0 Å². The summed E-state index contributed by atoms with van der Waals surface area (Å²) in [6.07, 6.45) is 5.87. The third kappa shape index (κ3) is 4.66. The Kier molecular flexibility index (Phi) is 6.31. The van der Waals surface area contributed by atoms with Gasteiger partial charge in [-0.15, -0.1) is 0 Å². The number of hydrogen-bond donors (Lipinski definition) is 1. The summed E-state index contributed by atoms with van der Waals surface area (Å²) < 4.78 is 34.3. The SMILES string of the molecule is Cn1cc(-c2n[nH]c(=O)n2-c2cn(CC3CCN(Cc4ccccc4)CC3)c3ccc(F)cc23)c2cc(F)ccc21. The van der Waals surface area contributed by atoms with Gasteiger partial charge in [0.05, 0.1) is 11.2 Å². The molecule has 0 saturated carbocycles. The van der Waals surface area contributed by atoms with E-state index in [0.29, 0.717) is 33.8 Å². The van der Waals surface area contributed by atoms with E-state index in [-0.39, 0.29) is 11.6 Å². The summed E-state index contributed by atoms with van der Waals surface area (Å²) in [5.74, 6) is 0.0553. The van der Waals surface area contributed by atoms with Crippen LogP contribution in [0.3, 0.4) is 0 Å². The van der Waals surface area contributed by atoms with Crippen LogP contribution in [0.5, 0.6) is 0 Å². The van der Waals surface area contributed by atoms with E-state index >= 15 is 0 Å². The first-order chi connectivity index (χ1) is 19.9. The Morgan fingerprint density at radius 1 is 0.902 bits per heavy atom. The van der Waals surface area contributed by atoms with Gasteiger partial charge in [-0.3, -0.25) is 4.90 Å². The van der Waals surface area contributed by atoms with Gasteiger partial charge in [0.15, 0.2) is 5.82 Å². The number of fused-ring (bicyclic) bond motifs is 2. The van der Waals surface area contributed by atoms with Crippen LogP contribution in [0, 0.1) is 17.6 Å². The molecule has 6 aromatic rings. The molecule has 1 aliphatic heterocycles. The zero-order valence-electron chi connectivity index (χ0n) is 22.7. The third-order valence-corrected chi connectivity index (χ3v) is 8.34. The molecule has 7 nitrogen and oxygen atoms in total. The van der Waals surface area contributed by atoms with Gasteiger partial charge in [0.2, 0.25) is 0 Å². The molecular weight excluding hydrogens is 522 g/mol. The fourth-order valence-corrected chi connectivity index (χ4v) is 6.27. The number of piperidine rings is 1. The van der Waals surface area contributed by atoms with Crippen LogP contribution >= 0.6 is 0 Å². The van der Waals surface area contributed by atoms with Crippen molar-refractivity contribution in [2.45, 2.75) is 25.9 Å². The predicted molar refractivity (Wildman–Crippen MR) is 156 cm³/mol. The highest BCUT2D eigenvalue weighted by Crippen LogP contribution is 2.33. The van der Waals surface area contributed by atoms with Crippen molar-refractivity contribution in [3.63, 3.8) is 0 Å². The maximum atomic E-state index is 14.6. The van der Waals surface area contributed by atoms with E-state index in [9.17, 15) is 13.6 Å². The van der Waals surface area contributed by atoms with Crippen molar-refractivity contribution < 1.29 is 8.78 Å². The van der Waals surface area contributed by atoms with Crippen molar-refractivity contribution in [3.05, 3.63) is 107 Å². The lowest BCUT2D eigenvalue weighted by Crippen LogP contribution is -2.34. The number of nitrogens with one attached hydrogen (secondary N) is 1. The van der Waals surface area contributed by atoms with Gasteiger partial charge in [-0.25, -0.2) is 23.2 Å². The summed E-state index contributed by atoms with van der Waals surface area (Å²) in [5, 5.41) is 8.17. The largest absolute Gasteiger partial charge is 0.350 e. The van der Waals surface area contributed by atoms with Crippen molar-refractivity contribution in [2.24, 2.45) is 13.0 Å². The number of rotatable bonds is 6. The van der Waals surface area contributed by atoms with Crippen LogP contribution in [0.2, 0.25) is 0 Å². The molecule has 9 heteroatoms. The molecule has 41 heavy (non-hydrogen) atoms. The number of likely N-dealkylation sites (tertiary alicyclic amines) is 1. The second kappa shape index (κ2) is 10.2. The molecule has 3 aromatic carbocycles. The maximum Gasteiger partial charge on any atom is 0.348 e. The van der Waals surface area contributed by atoms with Crippen molar-refractivity contribution in [1.82, 2.24) is 28.8 Å². The van der Waals surface area contributed by atoms with Gasteiger partial charge in [0.1, 0.15) is 11.6 Å². The van der Waals surface area contributed by atoms with Gasteiger partial charge in [-0.1, -0.05) is 30.3 Å². The summed E-state index contributed by atoms with van der Waals surface area (Å²) >= 11 is 0. The number of aromatic amines is 1.